The molecule has 1 aliphatic heterocycles. The largest absolute Gasteiger partial charge is 0.497 e. The van der Waals surface area contributed by atoms with Gasteiger partial charge in [0.15, 0.2) is 5.78 Å². The molecule has 6 nitrogen and oxygen atoms in total. The lowest BCUT2D eigenvalue weighted by Crippen LogP contribution is -2.35. The van der Waals surface area contributed by atoms with Gasteiger partial charge in [-0.1, -0.05) is 12.1 Å². The first kappa shape index (κ1) is 20.0. The molecule has 1 aromatic heterocycles. The summed E-state index contributed by atoms with van der Waals surface area (Å²) in [5.41, 5.74) is 3.58. The maximum atomic E-state index is 13.4. The van der Waals surface area contributed by atoms with Gasteiger partial charge in [-0.2, -0.15) is 0 Å². The molecule has 2 aromatic rings. The fourth-order valence-electron chi connectivity index (χ4n) is 4.44. The molecule has 2 aliphatic rings. The lowest BCUT2D eigenvalue weighted by molar-refractivity contribution is -0.136. The zero-order chi connectivity index (χ0) is 21.4. The molecule has 6 heteroatoms. The molecule has 0 radical (unpaired) electrons. The van der Waals surface area contributed by atoms with E-state index in [1.54, 1.807) is 7.11 Å². The minimum absolute atomic E-state index is 0.00419. The molecule has 0 saturated carbocycles. The SMILES string of the molecule is COC(=O)C1=C(C)NC2=C(C(=O)CC(c3cccc(OC)c3)C2)C1c1ccc(C)o1. The number of ketones is 1. The van der Waals surface area contributed by atoms with Crippen LogP contribution < -0.4 is 10.1 Å². The number of benzene rings is 1. The van der Waals surface area contributed by atoms with Gasteiger partial charge in [0.25, 0.3) is 0 Å². The second-order valence-electron chi connectivity index (χ2n) is 7.73. The van der Waals surface area contributed by atoms with E-state index in [0.717, 1.165) is 22.8 Å². The Morgan fingerprint density at radius 3 is 2.60 bits per heavy atom. The summed E-state index contributed by atoms with van der Waals surface area (Å²) in [6.45, 7) is 3.67. The maximum absolute atomic E-state index is 13.4. The van der Waals surface area contributed by atoms with Gasteiger partial charge < -0.3 is 19.2 Å². The van der Waals surface area contributed by atoms with Crippen LogP contribution in [0, 0.1) is 6.92 Å². The lowest BCUT2D eigenvalue weighted by Gasteiger charge is -2.35. The van der Waals surface area contributed by atoms with Crippen LogP contribution in [0.3, 0.4) is 0 Å². The molecular weight excluding hydrogens is 382 g/mol. The average Bonchev–Trinajstić information content (AvgIpc) is 3.18. The average molecular weight is 407 g/mol. The predicted molar refractivity (Wildman–Crippen MR) is 111 cm³/mol. The number of rotatable bonds is 4. The van der Waals surface area contributed by atoms with E-state index in [0.29, 0.717) is 35.4 Å². The Kier molecular flexibility index (Phi) is 5.24. The van der Waals surface area contributed by atoms with E-state index in [4.69, 9.17) is 13.9 Å². The Bertz CT molecular complexity index is 1070. The molecule has 0 spiro atoms. The van der Waals surface area contributed by atoms with Crippen LogP contribution in [-0.4, -0.2) is 26.0 Å². The van der Waals surface area contributed by atoms with Gasteiger partial charge in [-0.05, 0) is 56.0 Å². The number of hydrogen-bond donors (Lipinski definition) is 1. The summed E-state index contributed by atoms with van der Waals surface area (Å²) < 4.78 is 16.2. The number of aryl methyl sites for hydroxylation is 1. The first-order valence-corrected chi connectivity index (χ1v) is 9.95. The number of methoxy groups -OCH3 is 2. The van der Waals surface area contributed by atoms with Gasteiger partial charge in [-0.25, -0.2) is 4.79 Å². The van der Waals surface area contributed by atoms with Gasteiger partial charge in [0.2, 0.25) is 0 Å². The number of dihydropyridines is 1. The summed E-state index contributed by atoms with van der Waals surface area (Å²) in [6.07, 6.45) is 1.02. The number of carbonyl (C=O) groups is 2. The Morgan fingerprint density at radius 1 is 1.13 bits per heavy atom. The monoisotopic (exact) mass is 407 g/mol. The van der Waals surface area contributed by atoms with Gasteiger partial charge in [0, 0.05) is 23.4 Å². The number of carbonyl (C=O) groups excluding carboxylic acids is 2. The van der Waals surface area contributed by atoms with Crippen LogP contribution in [0.5, 0.6) is 5.75 Å². The number of esters is 1. The van der Waals surface area contributed by atoms with Gasteiger partial charge >= 0.3 is 5.97 Å². The highest BCUT2D eigenvalue weighted by Crippen LogP contribution is 2.46. The molecule has 4 rings (SSSR count). The number of nitrogens with one attached hydrogen (secondary N) is 1. The highest BCUT2D eigenvalue weighted by atomic mass is 16.5. The fourth-order valence-corrected chi connectivity index (χ4v) is 4.44. The molecule has 30 heavy (non-hydrogen) atoms. The molecule has 2 atom stereocenters. The normalized spacial score (nSPS) is 21.3. The van der Waals surface area contributed by atoms with Gasteiger partial charge in [-0.3, -0.25) is 4.79 Å². The minimum Gasteiger partial charge on any atom is -0.497 e. The van der Waals surface area contributed by atoms with E-state index in [2.05, 4.69) is 5.32 Å². The van der Waals surface area contributed by atoms with Crippen molar-refractivity contribution in [1.82, 2.24) is 5.32 Å². The van der Waals surface area contributed by atoms with Crippen LogP contribution in [0.1, 0.15) is 48.7 Å². The molecule has 0 fully saturated rings. The zero-order valence-corrected chi connectivity index (χ0v) is 17.6. The summed E-state index contributed by atoms with van der Waals surface area (Å²) in [5.74, 6) is 1.08. The van der Waals surface area contributed by atoms with Crippen molar-refractivity contribution >= 4 is 11.8 Å². The summed E-state index contributed by atoms with van der Waals surface area (Å²) in [7, 11) is 2.98. The van der Waals surface area contributed by atoms with Crippen molar-refractivity contribution in [3.63, 3.8) is 0 Å². The van der Waals surface area contributed by atoms with Crippen LogP contribution in [-0.2, 0) is 14.3 Å². The Labute approximate surface area is 175 Å². The second kappa shape index (κ2) is 7.86. The lowest BCUT2D eigenvalue weighted by atomic mass is 9.73. The van der Waals surface area contributed by atoms with Crippen LogP contribution in [0.4, 0.5) is 0 Å². The summed E-state index contributed by atoms with van der Waals surface area (Å²) in [6, 6.07) is 11.5. The van der Waals surface area contributed by atoms with Gasteiger partial charge in [0.05, 0.1) is 25.7 Å². The Morgan fingerprint density at radius 2 is 1.93 bits per heavy atom. The highest BCUT2D eigenvalue weighted by molar-refractivity contribution is 6.04. The fraction of sp³-hybridized carbons (Fsp3) is 0.333. The molecule has 1 aromatic carbocycles. The van der Waals surface area contributed by atoms with Crippen molar-refractivity contribution in [2.45, 2.75) is 38.5 Å². The van der Waals surface area contributed by atoms with Crippen molar-refractivity contribution in [2.75, 3.05) is 14.2 Å². The third kappa shape index (κ3) is 3.43. The highest BCUT2D eigenvalue weighted by Gasteiger charge is 2.42. The van der Waals surface area contributed by atoms with Crippen molar-refractivity contribution in [2.24, 2.45) is 0 Å². The second-order valence-corrected chi connectivity index (χ2v) is 7.73. The maximum Gasteiger partial charge on any atom is 0.336 e. The number of Topliss-reactive ketones (excluding diaryl/α,β-unsaturated/α-hetero) is 1. The molecule has 2 heterocycles. The van der Waals surface area contributed by atoms with Gasteiger partial charge in [0.1, 0.15) is 17.3 Å². The quantitative estimate of drug-likeness (QED) is 0.768. The van der Waals surface area contributed by atoms with Gasteiger partial charge in [-0.15, -0.1) is 0 Å². The Hall–Kier alpha value is -3.28. The van der Waals surface area contributed by atoms with Crippen molar-refractivity contribution in [3.8, 4) is 5.75 Å². The van der Waals surface area contributed by atoms with Crippen molar-refractivity contribution in [3.05, 3.63) is 76.0 Å². The Balaban J connectivity index is 1.78. The van der Waals surface area contributed by atoms with E-state index in [1.807, 2.05) is 50.2 Å². The number of hydrogen-bond acceptors (Lipinski definition) is 6. The smallest absolute Gasteiger partial charge is 0.336 e. The van der Waals surface area contributed by atoms with Crippen molar-refractivity contribution in [1.29, 1.82) is 0 Å². The molecule has 2 unspecified atom stereocenters. The third-order valence-corrected chi connectivity index (χ3v) is 5.84. The standard InChI is InChI=1S/C24H25NO5/c1-13-8-9-20(30-13)23-21(24(27)29-4)14(2)25-18-11-16(12-19(26)22(18)23)15-6-5-7-17(10-15)28-3/h5-10,16,23,25H,11-12H2,1-4H3. The van der Waals surface area contributed by atoms with Crippen LogP contribution in [0.25, 0.3) is 0 Å². The molecule has 0 amide bonds. The zero-order valence-electron chi connectivity index (χ0n) is 17.6. The van der Waals surface area contributed by atoms with Crippen LogP contribution >= 0.6 is 0 Å². The molecule has 0 saturated heterocycles. The summed E-state index contributed by atoms with van der Waals surface area (Å²) in [4.78, 5) is 26.0. The van der Waals surface area contributed by atoms with E-state index in [1.165, 1.54) is 7.11 Å². The minimum atomic E-state index is -0.568. The summed E-state index contributed by atoms with van der Waals surface area (Å²) >= 11 is 0. The van der Waals surface area contributed by atoms with Crippen molar-refractivity contribution < 1.29 is 23.5 Å². The van der Waals surface area contributed by atoms with E-state index in [9.17, 15) is 9.59 Å². The van der Waals surface area contributed by atoms with E-state index >= 15 is 0 Å². The van der Waals surface area contributed by atoms with Crippen LogP contribution in [0.15, 0.2) is 63.4 Å². The van der Waals surface area contributed by atoms with E-state index in [-0.39, 0.29) is 11.7 Å². The molecule has 156 valence electrons. The van der Waals surface area contributed by atoms with Crippen LogP contribution in [0.2, 0.25) is 0 Å². The van der Waals surface area contributed by atoms with E-state index < -0.39 is 11.9 Å². The number of ether oxygens (including phenoxy) is 2. The number of furan rings is 1. The first-order chi connectivity index (χ1) is 14.4. The topological polar surface area (TPSA) is 77.8 Å². The molecule has 1 aliphatic carbocycles. The molecular formula is C24H25NO5. The third-order valence-electron chi connectivity index (χ3n) is 5.84. The molecule has 1 N–H and O–H groups in total. The summed E-state index contributed by atoms with van der Waals surface area (Å²) in [5, 5.41) is 3.31. The number of allylic oxidation sites excluding steroid dienone is 3. The first-order valence-electron chi connectivity index (χ1n) is 9.95. The predicted octanol–water partition coefficient (Wildman–Crippen LogP) is 4.13. The molecule has 0 bridgehead atoms.